The number of nitrogens with zero attached hydrogens (tertiary/aromatic N) is 3. The lowest BCUT2D eigenvalue weighted by molar-refractivity contribution is 0.0696. The summed E-state index contributed by atoms with van der Waals surface area (Å²) in [5, 5.41) is 15.7. The number of hydrogen-bond donors (Lipinski definition) is 2. The van der Waals surface area contributed by atoms with Crippen molar-refractivity contribution in [2.45, 2.75) is 0 Å². The molecule has 1 aliphatic rings. The Hall–Kier alpha value is -4.01. The molecule has 1 aromatic heterocycles. The van der Waals surface area contributed by atoms with Gasteiger partial charge in [0.2, 0.25) is 0 Å². The molecule has 9 heteroatoms. The number of rotatable bonds is 4. The van der Waals surface area contributed by atoms with E-state index in [1.165, 1.54) is 18.2 Å². The lowest BCUT2D eigenvalue weighted by Gasteiger charge is -2.07. The Labute approximate surface area is 152 Å². The van der Waals surface area contributed by atoms with E-state index in [-0.39, 0.29) is 22.6 Å². The molecule has 27 heavy (non-hydrogen) atoms. The molecule has 0 atom stereocenters. The van der Waals surface area contributed by atoms with Crippen molar-refractivity contribution in [2.75, 3.05) is 12.0 Å². The Kier molecular flexibility index (Phi) is 3.69. The summed E-state index contributed by atoms with van der Waals surface area (Å²) in [4.78, 5) is 41.3. The maximum Gasteiger partial charge on any atom is 0.335 e. The summed E-state index contributed by atoms with van der Waals surface area (Å²) < 4.78 is 5.10. The summed E-state index contributed by atoms with van der Waals surface area (Å²) >= 11 is 0. The number of carboxylic acids is 1. The molecule has 0 saturated heterocycles. The number of aromatic carboxylic acids is 1. The first-order chi connectivity index (χ1) is 13.0. The average molecular weight is 364 g/mol. The van der Waals surface area contributed by atoms with Crippen molar-refractivity contribution >= 4 is 23.7 Å². The van der Waals surface area contributed by atoms with E-state index in [0.29, 0.717) is 17.1 Å². The van der Waals surface area contributed by atoms with Gasteiger partial charge in [0.05, 0.1) is 23.8 Å². The SMILES string of the molecule is COc1ccc(-c2nc(N3C(=O)c4ccc(C(=O)O)cc4C3=O)n[nH]2)cc1. The molecule has 2 aromatic carbocycles. The number of carbonyl (C=O) groups excluding carboxylic acids is 2. The smallest absolute Gasteiger partial charge is 0.335 e. The summed E-state index contributed by atoms with van der Waals surface area (Å²) in [5.74, 6) is -1.52. The molecular weight excluding hydrogens is 352 g/mol. The number of benzene rings is 2. The lowest BCUT2D eigenvalue weighted by Crippen LogP contribution is -2.30. The molecule has 9 nitrogen and oxygen atoms in total. The van der Waals surface area contributed by atoms with Crippen LogP contribution in [0.15, 0.2) is 42.5 Å². The highest BCUT2D eigenvalue weighted by Crippen LogP contribution is 2.28. The van der Waals surface area contributed by atoms with Crippen LogP contribution in [-0.4, -0.2) is 45.2 Å². The van der Waals surface area contributed by atoms with Crippen LogP contribution >= 0.6 is 0 Å². The average Bonchev–Trinajstić information content (AvgIpc) is 3.25. The molecular formula is C18H12N4O5. The van der Waals surface area contributed by atoms with Crippen molar-refractivity contribution in [1.82, 2.24) is 15.2 Å². The van der Waals surface area contributed by atoms with Crippen LogP contribution in [0.4, 0.5) is 5.95 Å². The molecule has 1 aliphatic heterocycles. The number of fused-ring (bicyclic) bond motifs is 1. The number of carbonyl (C=O) groups is 3. The highest BCUT2D eigenvalue weighted by molar-refractivity contribution is 6.34. The molecule has 134 valence electrons. The summed E-state index contributed by atoms with van der Waals surface area (Å²) in [5.41, 5.74) is 0.737. The van der Waals surface area contributed by atoms with E-state index in [2.05, 4.69) is 15.2 Å². The fourth-order valence-electron chi connectivity index (χ4n) is 2.79. The summed E-state index contributed by atoms with van der Waals surface area (Å²) in [6, 6.07) is 10.8. The Morgan fingerprint density at radius 1 is 1.07 bits per heavy atom. The number of H-pyrrole nitrogens is 1. The topological polar surface area (TPSA) is 125 Å². The monoisotopic (exact) mass is 364 g/mol. The number of anilines is 1. The summed E-state index contributed by atoms with van der Waals surface area (Å²) in [6.07, 6.45) is 0. The number of carboxylic acid groups (broad SMARTS) is 1. The lowest BCUT2D eigenvalue weighted by atomic mass is 10.1. The summed E-state index contributed by atoms with van der Waals surface area (Å²) in [7, 11) is 1.56. The zero-order valence-electron chi connectivity index (χ0n) is 14.0. The van der Waals surface area contributed by atoms with Gasteiger partial charge in [-0.15, -0.1) is 5.10 Å². The predicted molar refractivity (Wildman–Crippen MR) is 92.9 cm³/mol. The van der Waals surface area contributed by atoms with E-state index < -0.39 is 17.8 Å². The van der Waals surface area contributed by atoms with Crippen LogP contribution in [0.5, 0.6) is 5.75 Å². The van der Waals surface area contributed by atoms with Gasteiger partial charge in [-0.3, -0.25) is 14.7 Å². The molecule has 0 fully saturated rings. The number of aromatic nitrogens is 3. The van der Waals surface area contributed by atoms with Crippen molar-refractivity contribution in [3.8, 4) is 17.1 Å². The highest BCUT2D eigenvalue weighted by atomic mass is 16.5. The van der Waals surface area contributed by atoms with Crippen LogP contribution in [-0.2, 0) is 0 Å². The number of amides is 2. The molecule has 0 saturated carbocycles. The van der Waals surface area contributed by atoms with Gasteiger partial charge in [0.25, 0.3) is 17.8 Å². The van der Waals surface area contributed by atoms with Gasteiger partial charge in [0.15, 0.2) is 5.82 Å². The van der Waals surface area contributed by atoms with Gasteiger partial charge < -0.3 is 9.84 Å². The van der Waals surface area contributed by atoms with Gasteiger partial charge in [-0.2, -0.15) is 4.98 Å². The minimum atomic E-state index is -1.18. The molecule has 0 radical (unpaired) electrons. The van der Waals surface area contributed by atoms with E-state index >= 15 is 0 Å². The fraction of sp³-hybridized carbons (Fsp3) is 0.0556. The molecule has 0 unspecified atom stereocenters. The first-order valence-electron chi connectivity index (χ1n) is 7.82. The zero-order chi connectivity index (χ0) is 19.1. The molecule has 0 bridgehead atoms. The third kappa shape index (κ3) is 2.61. The second-order valence-corrected chi connectivity index (χ2v) is 5.72. The highest BCUT2D eigenvalue weighted by Gasteiger charge is 2.39. The normalized spacial score (nSPS) is 13.0. The third-order valence-corrected chi connectivity index (χ3v) is 4.17. The van der Waals surface area contributed by atoms with Gasteiger partial charge in [0.1, 0.15) is 5.75 Å². The van der Waals surface area contributed by atoms with Crippen molar-refractivity contribution in [1.29, 1.82) is 0 Å². The van der Waals surface area contributed by atoms with E-state index in [4.69, 9.17) is 9.84 Å². The Bertz CT molecular complexity index is 1090. The number of imide groups is 1. The first kappa shape index (κ1) is 16.5. The summed E-state index contributed by atoms with van der Waals surface area (Å²) in [6.45, 7) is 0. The third-order valence-electron chi connectivity index (χ3n) is 4.17. The van der Waals surface area contributed by atoms with Crippen LogP contribution in [0.25, 0.3) is 11.4 Å². The first-order valence-corrected chi connectivity index (χ1v) is 7.82. The van der Waals surface area contributed by atoms with Crippen LogP contribution < -0.4 is 9.64 Å². The number of hydrogen-bond acceptors (Lipinski definition) is 6. The molecule has 0 aliphatic carbocycles. The fourth-order valence-corrected chi connectivity index (χ4v) is 2.79. The van der Waals surface area contributed by atoms with Gasteiger partial charge >= 0.3 is 5.97 Å². The molecule has 0 spiro atoms. The maximum atomic E-state index is 12.6. The Balaban J connectivity index is 1.68. The Morgan fingerprint density at radius 2 is 1.78 bits per heavy atom. The number of ether oxygens (including phenoxy) is 1. The molecule has 2 heterocycles. The largest absolute Gasteiger partial charge is 0.497 e. The standard InChI is InChI=1S/C18H12N4O5/c1-27-11-5-2-9(3-6-11)14-19-18(21-20-14)22-15(23)12-7-4-10(17(25)26)8-13(12)16(22)24/h2-8H,1H3,(H,25,26)(H,19,20,21). The van der Waals surface area contributed by atoms with E-state index in [1.807, 2.05) is 0 Å². The minimum absolute atomic E-state index is 0.00991. The van der Waals surface area contributed by atoms with Crippen molar-refractivity contribution < 1.29 is 24.2 Å². The van der Waals surface area contributed by atoms with Gasteiger partial charge in [-0.05, 0) is 42.5 Å². The second kappa shape index (κ2) is 6.06. The maximum absolute atomic E-state index is 12.6. The van der Waals surface area contributed by atoms with Crippen LogP contribution in [0.2, 0.25) is 0 Å². The number of nitrogens with one attached hydrogen (secondary N) is 1. The minimum Gasteiger partial charge on any atom is -0.497 e. The van der Waals surface area contributed by atoms with Crippen LogP contribution in [0.1, 0.15) is 31.1 Å². The van der Waals surface area contributed by atoms with Gasteiger partial charge in [-0.1, -0.05) is 0 Å². The van der Waals surface area contributed by atoms with Gasteiger partial charge in [-0.25, -0.2) is 9.69 Å². The van der Waals surface area contributed by atoms with Crippen molar-refractivity contribution in [2.24, 2.45) is 0 Å². The number of aromatic amines is 1. The van der Waals surface area contributed by atoms with E-state index in [1.54, 1.807) is 31.4 Å². The molecule has 2 N–H and O–H groups in total. The number of methoxy groups -OCH3 is 1. The Morgan fingerprint density at radius 3 is 2.44 bits per heavy atom. The van der Waals surface area contributed by atoms with Gasteiger partial charge in [0, 0.05) is 5.56 Å². The zero-order valence-corrected chi connectivity index (χ0v) is 14.0. The van der Waals surface area contributed by atoms with Crippen LogP contribution in [0.3, 0.4) is 0 Å². The van der Waals surface area contributed by atoms with Crippen molar-refractivity contribution in [3.63, 3.8) is 0 Å². The predicted octanol–water partition coefficient (Wildman–Crippen LogP) is 1.98. The second-order valence-electron chi connectivity index (χ2n) is 5.72. The van der Waals surface area contributed by atoms with E-state index in [9.17, 15) is 14.4 Å². The van der Waals surface area contributed by atoms with Crippen LogP contribution in [0, 0.1) is 0 Å². The molecule has 2 amide bonds. The molecule has 4 rings (SSSR count). The van der Waals surface area contributed by atoms with E-state index in [0.717, 1.165) is 4.90 Å². The van der Waals surface area contributed by atoms with Crippen molar-refractivity contribution in [3.05, 3.63) is 59.2 Å². The quantitative estimate of drug-likeness (QED) is 0.678. The molecule has 3 aromatic rings.